The Morgan fingerprint density at radius 3 is 2.38 bits per heavy atom. The van der Waals surface area contributed by atoms with Crippen LogP contribution in [0.15, 0.2) is 29.2 Å². The first kappa shape index (κ1) is 20.7. The summed E-state index contributed by atoms with van der Waals surface area (Å²) in [6.45, 7) is 10.5. The van der Waals surface area contributed by atoms with Gasteiger partial charge < -0.3 is 9.64 Å². The minimum absolute atomic E-state index is 0.0495. The topological polar surface area (TPSA) is 72.9 Å². The van der Waals surface area contributed by atoms with Gasteiger partial charge >= 0.3 is 6.09 Å². The third-order valence-corrected chi connectivity index (χ3v) is 5.46. The van der Waals surface area contributed by atoms with Gasteiger partial charge in [-0.25, -0.2) is 4.79 Å². The van der Waals surface area contributed by atoms with E-state index in [1.54, 1.807) is 29.2 Å². The van der Waals surface area contributed by atoms with Crippen LogP contribution in [0.25, 0.3) is 0 Å². The van der Waals surface area contributed by atoms with Crippen LogP contribution in [0.4, 0.5) is 4.79 Å². The molecule has 2 rings (SSSR count). The van der Waals surface area contributed by atoms with Crippen molar-refractivity contribution in [3.63, 3.8) is 0 Å². The Bertz CT molecular complexity index is 721. The van der Waals surface area contributed by atoms with Gasteiger partial charge in [-0.05, 0) is 52.2 Å². The quantitative estimate of drug-likeness (QED) is 0.743. The van der Waals surface area contributed by atoms with Crippen LogP contribution < -0.4 is 0 Å². The van der Waals surface area contributed by atoms with Gasteiger partial charge in [-0.15, -0.1) is 0 Å². The van der Waals surface area contributed by atoms with Gasteiger partial charge in [0.1, 0.15) is 5.60 Å². The average molecular weight is 384 g/mol. The predicted molar refractivity (Wildman–Crippen MR) is 99.4 cm³/mol. The molecule has 1 saturated heterocycles. The molecule has 146 valence electrons. The van der Waals surface area contributed by atoms with Gasteiger partial charge in [0.2, 0.25) is 0 Å². The summed E-state index contributed by atoms with van der Waals surface area (Å²) in [6, 6.07) is 6.56. The predicted octanol–water partition coefficient (Wildman–Crippen LogP) is 3.59. The van der Waals surface area contributed by atoms with Crippen LogP contribution in [-0.2, 0) is 19.0 Å². The minimum Gasteiger partial charge on any atom is -0.444 e. The highest BCUT2D eigenvalue weighted by molar-refractivity contribution is 7.86. The van der Waals surface area contributed by atoms with E-state index in [9.17, 15) is 13.2 Å². The molecule has 1 amide bonds. The standard InChI is InChI=1S/C19H29NO5S/c1-14-6-8-17(9-7-14)26(22,23)24-13-16-10-15(2)11-20(12-16)18(21)25-19(3,4)5/h6-9,15-16H,10-13H2,1-5H3. The van der Waals surface area contributed by atoms with Crippen LogP contribution in [0, 0.1) is 18.8 Å². The molecule has 1 aromatic carbocycles. The molecule has 1 aliphatic heterocycles. The van der Waals surface area contributed by atoms with Crippen LogP contribution in [0.1, 0.15) is 39.7 Å². The number of rotatable bonds is 4. The van der Waals surface area contributed by atoms with Gasteiger partial charge in [0, 0.05) is 19.0 Å². The van der Waals surface area contributed by atoms with Crippen LogP contribution in [0.2, 0.25) is 0 Å². The summed E-state index contributed by atoms with van der Waals surface area (Å²) in [4.78, 5) is 14.1. The summed E-state index contributed by atoms with van der Waals surface area (Å²) in [6.07, 6.45) is 0.443. The summed E-state index contributed by atoms with van der Waals surface area (Å²) in [7, 11) is -3.80. The second-order valence-corrected chi connectivity index (χ2v) is 9.76. The van der Waals surface area contributed by atoms with Crippen LogP contribution in [0.3, 0.4) is 0 Å². The van der Waals surface area contributed by atoms with Gasteiger partial charge in [0.25, 0.3) is 10.1 Å². The molecule has 0 aromatic heterocycles. The van der Waals surface area contributed by atoms with E-state index in [1.165, 1.54) is 0 Å². The Morgan fingerprint density at radius 2 is 1.81 bits per heavy atom. The van der Waals surface area contributed by atoms with E-state index in [0.29, 0.717) is 13.1 Å². The zero-order valence-corrected chi connectivity index (χ0v) is 17.0. The van der Waals surface area contributed by atoms with Gasteiger partial charge in [-0.3, -0.25) is 4.18 Å². The number of amides is 1. The van der Waals surface area contributed by atoms with E-state index in [0.717, 1.165) is 12.0 Å². The molecule has 7 heteroatoms. The SMILES string of the molecule is Cc1ccc(S(=O)(=O)OCC2CC(C)CN(C(=O)OC(C)(C)C)C2)cc1. The van der Waals surface area contributed by atoms with Gasteiger partial charge in [0.15, 0.2) is 0 Å². The number of carbonyl (C=O) groups is 1. The van der Waals surface area contributed by atoms with Crippen molar-refractivity contribution in [1.29, 1.82) is 0 Å². The third-order valence-electron chi connectivity index (χ3n) is 4.17. The second-order valence-electron chi connectivity index (χ2n) is 8.14. The summed E-state index contributed by atoms with van der Waals surface area (Å²) < 4.78 is 35.4. The molecule has 1 fully saturated rings. The number of benzene rings is 1. The molecule has 2 unspecified atom stereocenters. The zero-order chi connectivity index (χ0) is 19.5. The first-order valence-electron chi connectivity index (χ1n) is 8.90. The first-order valence-corrected chi connectivity index (χ1v) is 10.3. The first-order chi connectivity index (χ1) is 12.0. The highest BCUT2D eigenvalue weighted by Gasteiger charge is 2.32. The largest absolute Gasteiger partial charge is 0.444 e. The number of aryl methyl sites for hydroxylation is 1. The Kier molecular flexibility index (Phi) is 6.34. The monoisotopic (exact) mass is 383 g/mol. The van der Waals surface area contributed by atoms with E-state index in [2.05, 4.69) is 0 Å². The fraction of sp³-hybridized carbons (Fsp3) is 0.632. The molecule has 0 saturated carbocycles. The molecule has 26 heavy (non-hydrogen) atoms. The smallest absolute Gasteiger partial charge is 0.410 e. The molecule has 1 aromatic rings. The van der Waals surface area contributed by atoms with Crippen LogP contribution in [0.5, 0.6) is 0 Å². The normalized spacial score (nSPS) is 21.5. The van der Waals surface area contributed by atoms with Crippen molar-refractivity contribution < 1.29 is 22.1 Å². The fourth-order valence-corrected chi connectivity index (χ4v) is 4.01. The Hall–Kier alpha value is -1.60. The molecule has 1 heterocycles. The van der Waals surface area contributed by atoms with E-state index in [4.69, 9.17) is 8.92 Å². The Labute approximate surface area is 156 Å². The molecule has 0 radical (unpaired) electrons. The summed E-state index contributed by atoms with van der Waals surface area (Å²) in [5.41, 5.74) is 0.427. The molecule has 0 spiro atoms. The number of carbonyl (C=O) groups excluding carboxylic acids is 1. The summed E-state index contributed by atoms with van der Waals surface area (Å²) >= 11 is 0. The molecule has 6 nitrogen and oxygen atoms in total. The van der Waals surface area contributed by atoms with Gasteiger partial charge in [-0.1, -0.05) is 24.6 Å². The lowest BCUT2D eigenvalue weighted by molar-refractivity contribution is 0.00764. The van der Waals surface area contributed by atoms with Gasteiger partial charge in [-0.2, -0.15) is 8.42 Å². The average Bonchev–Trinajstić information content (AvgIpc) is 2.51. The van der Waals surface area contributed by atoms with E-state index in [-0.39, 0.29) is 29.4 Å². The molecular formula is C19H29NO5S. The fourth-order valence-electron chi connectivity index (χ4n) is 3.04. The maximum Gasteiger partial charge on any atom is 0.410 e. The van der Waals surface area contributed by atoms with Crippen molar-refractivity contribution in [2.75, 3.05) is 19.7 Å². The second kappa shape index (κ2) is 7.96. The lowest BCUT2D eigenvalue weighted by atomic mass is 9.91. The highest BCUT2D eigenvalue weighted by atomic mass is 32.2. The number of piperidine rings is 1. The van der Waals surface area contributed by atoms with Crippen molar-refractivity contribution in [2.45, 2.75) is 51.5 Å². The van der Waals surface area contributed by atoms with E-state index in [1.807, 2.05) is 34.6 Å². The van der Waals surface area contributed by atoms with E-state index >= 15 is 0 Å². The van der Waals surface area contributed by atoms with Crippen LogP contribution >= 0.6 is 0 Å². The molecule has 0 aliphatic carbocycles. The molecule has 0 bridgehead atoms. The number of hydrogen-bond donors (Lipinski definition) is 0. The van der Waals surface area contributed by atoms with Crippen molar-refractivity contribution in [2.24, 2.45) is 11.8 Å². The Morgan fingerprint density at radius 1 is 1.19 bits per heavy atom. The minimum atomic E-state index is -3.80. The number of ether oxygens (including phenoxy) is 1. The van der Waals surface area contributed by atoms with Crippen molar-refractivity contribution >= 4 is 16.2 Å². The maximum atomic E-state index is 12.3. The van der Waals surface area contributed by atoms with Gasteiger partial charge in [0.05, 0.1) is 11.5 Å². The maximum absolute atomic E-state index is 12.3. The number of hydrogen-bond acceptors (Lipinski definition) is 5. The lowest BCUT2D eigenvalue weighted by Crippen LogP contribution is -2.46. The summed E-state index contributed by atoms with van der Waals surface area (Å²) in [5, 5.41) is 0. The number of likely N-dealkylation sites (tertiary alicyclic amines) is 1. The molecule has 2 atom stereocenters. The number of nitrogens with zero attached hydrogens (tertiary/aromatic N) is 1. The van der Waals surface area contributed by atoms with Crippen LogP contribution in [-0.4, -0.2) is 44.7 Å². The van der Waals surface area contributed by atoms with E-state index < -0.39 is 15.7 Å². The van der Waals surface area contributed by atoms with Crippen molar-refractivity contribution in [3.05, 3.63) is 29.8 Å². The van der Waals surface area contributed by atoms with Crippen molar-refractivity contribution in [1.82, 2.24) is 4.90 Å². The molecular weight excluding hydrogens is 354 g/mol. The Balaban J connectivity index is 1.98. The third kappa shape index (κ3) is 5.99. The molecule has 0 N–H and O–H groups in total. The molecule has 1 aliphatic rings. The van der Waals surface area contributed by atoms with Crippen molar-refractivity contribution in [3.8, 4) is 0 Å². The zero-order valence-electron chi connectivity index (χ0n) is 16.2. The highest BCUT2D eigenvalue weighted by Crippen LogP contribution is 2.25. The summed E-state index contributed by atoms with van der Waals surface area (Å²) in [5.74, 6) is 0.207. The lowest BCUT2D eigenvalue weighted by Gasteiger charge is -2.37.